The fourth-order valence-electron chi connectivity index (χ4n) is 4.45. The minimum absolute atomic E-state index is 0. The molecule has 0 bridgehead atoms. The van der Waals surface area contributed by atoms with E-state index in [1.807, 2.05) is 24.3 Å². The monoisotopic (exact) mass is 455 g/mol. The Balaban J connectivity index is 0.00000289. The van der Waals surface area contributed by atoms with Crippen LogP contribution in [0.1, 0.15) is 38.2 Å². The zero-order valence-corrected chi connectivity index (χ0v) is 19.5. The molecule has 0 aromatic heterocycles. The number of carbonyl (C=O) groups is 1. The van der Waals surface area contributed by atoms with Gasteiger partial charge >= 0.3 is 5.97 Å². The number of rotatable bonds is 7. The highest BCUT2D eigenvalue weighted by molar-refractivity contribution is 5.93. The zero-order chi connectivity index (χ0) is 21.8. The number of nitriles is 1. The predicted octanol–water partition coefficient (Wildman–Crippen LogP) is 3.37. The van der Waals surface area contributed by atoms with E-state index in [9.17, 15) is 4.79 Å². The number of hydrogen-bond donors (Lipinski definition) is 0. The van der Waals surface area contributed by atoms with Crippen molar-refractivity contribution in [3.05, 3.63) is 63.7 Å². The van der Waals surface area contributed by atoms with Gasteiger partial charge in [-0.15, -0.1) is 12.4 Å². The van der Waals surface area contributed by atoms with E-state index < -0.39 is 0 Å². The van der Waals surface area contributed by atoms with Gasteiger partial charge in [-0.25, -0.2) is 4.79 Å². The van der Waals surface area contributed by atoms with E-state index in [0.29, 0.717) is 17.9 Å². The van der Waals surface area contributed by atoms with E-state index >= 15 is 0 Å². The maximum absolute atomic E-state index is 11.7. The van der Waals surface area contributed by atoms with Gasteiger partial charge in [0, 0.05) is 44.8 Å². The number of benzene rings is 2. The number of carbonyl (C=O) groups excluding carboxylic acids is 1. The van der Waals surface area contributed by atoms with Gasteiger partial charge in [-0.05, 0) is 54.7 Å². The summed E-state index contributed by atoms with van der Waals surface area (Å²) in [6.45, 7) is 8.85. The Labute approximate surface area is 196 Å². The van der Waals surface area contributed by atoms with Gasteiger partial charge < -0.3 is 19.3 Å². The quantitative estimate of drug-likeness (QED) is 0.596. The lowest BCUT2D eigenvalue weighted by molar-refractivity contribution is 0.0535. The van der Waals surface area contributed by atoms with Crippen molar-refractivity contribution in [1.29, 1.82) is 5.26 Å². The number of piperazine rings is 1. The van der Waals surface area contributed by atoms with Crippen LogP contribution >= 0.6 is 12.4 Å². The van der Waals surface area contributed by atoms with Crippen LogP contribution in [0.2, 0.25) is 0 Å². The number of methoxy groups -OCH3 is 1. The number of fused-ring (bicyclic) bond motifs is 1. The van der Waals surface area contributed by atoms with Gasteiger partial charge in [0.05, 0.1) is 18.2 Å². The number of halogens is 1. The smallest absolute Gasteiger partial charge is 0.338 e. The molecule has 2 aromatic rings. The molecule has 0 amide bonds. The molecule has 170 valence electrons. The number of esters is 1. The molecule has 6 nitrogen and oxygen atoms in total. The summed E-state index contributed by atoms with van der Waals surface area (Å²) in [7, 11) is 1.61. The van der Waals surface area contributed by atoms with Crippen molar-refractivity contribution >= 4 is 18.4 Å². The third kappa shape index (κ3) is 5.24. The van der Waals surface area contributed by atoms with Crippen LogP contribution in [-0.4, -0.2) is 62.1 Å². The molecule has 0 aliphatic carbocycles. The van der Waals surface area contributed by atoms with E-state index in [1.165, 1.54) is 16.7 Å². The molecule has 1 fully saturated rings. The van der Waals surface area contributed by atoms with Gasteiger partial charge in [0.15, 0.2) is 0 Å². The second-order valence-electron chi connectivity index (χ2n) is 8.28. The van der Waals surface area contributed by atoms with Gasteiger partial charge in [0.2, 0.25) is 0 Å². The lowest BCUT2D eigenvalue weighted by Crippen LogP contribution is -2.47. The third-order valence-electron chi connectivity index (χ3n) is 6.54. The second-order valence-corrected chi connectivity index (χ2v) is 8.28. The molecule has 4 rings (SSSR count). The molecule has 0 saturated carbocycles. The molecule has 32 heavy (non-hydrogen) atoms. The molecule has 2 aliphatic rings. The summed E-state index contributed by atoms with van der Waals surface area (Å²) in [5.41, 5.74) is 6.10. The minimum atomic E-state index is -0.194. The van der Waals surface area contributed by atoms with Gasteiger partial charge in [0.1, 0.15) is 18.4 Å². The van der Waals surface area contributed by atoms with Crippen LogP contribution < -0.4 is 4.74 Å². The topological polar surface area (TPSA) is 65.8 Å². The van der Waals surface area contributed by atoms with Gasteiger partial charge in [-0.2, -0.15) is 5.26 Å². The zero-order valence-electron chi connectivity index (χ0n) is 18.7. The van der Waals surface area contributed by atoms with E-state index in [0.717, 1.165) is 63.2 Å². The van der Waals surface area contributed by atoms with Gasteiger partial charge in [-0.1, -0.05) is 12.1 Å². The van der Waals surface area contributed by atoms with Crippen molar-refractivity contribution in [2.24, 2.45) is 0 Å². The highest BCUT2D eigenvalue weighted by Gasteiger charge is 2.24. The van der Waals surface area contributed by atoms with Crippen LogP contribution in [0.25, 0.3) is 0 Å². The standard InChI is InChI=1S/C25H29N3O3.ClH/c1-18-20(5-6-22-23(18)17-31-25(22)29)8-10-28-13-11-27(12-14-28)9-7-19-3-4-21(16-26)24(15-19)30-2;/h3-6,15H,7-14,17H2,1-2H3;1H. The van der Waals surface area contributed by atoms with Crippen LogP contribution in [0, 0.1) is 18.3 Å². The molecule has 2 heterocycles. The second kappa shape index (κ2) is 10.8. The molecule has 0 atom stereocenters. The predicted molar refractivity (Wildman–Crippen MR) is 126 cm³/mol. The van der Waals surface area contributed by atoms with Crippen LogP contribution in [-0.2, 0) is 24.2 Å². The maximum Gasteiger partial charge on any atom is 0.338 e. The molecule has 0 N–H and O–H groups in total. The number of ether oxygens (including phenoxy) is 2. The molecule has 0 radical (unpaired) electrons. The van der Waals surface area contributed by atoms with E-state index in [-0.39, 0.29) is 18.4 Å². The number of hydrogen-bond acceptors (Lipinski definition) is 6. The molecule has 0 unspecified atom stereocenters. The van der Waals surface area contributed by atoms with Crippen molar-refractivity contribution in [3.63, 3.8) is 0 Å². The molecule has 1 saturated heterocycles. The Morgan fingerprint density at radius 1 is 1.06 bits per heavy atom. The van der Waals surface area contributed by atoms with Gasteiger partial charge in [-0.3, -0.25) is 0 Å². The normalized spacial score (nSPS) is 16.1. The fourth-order valence-corrected chi connectivity index (χ4v) is 4.45. The summed E-state index contributed by atoms with van der Waals surface area (Å²) in [4.78, 5) is 16.7. The first-order valence-electron chi connectivity index (χ1n) is 10.9. The summed E-state index contributed by atoms with van der Waals surface area (Å²) in [5, 5.41) is 9.12. The average molecular weight is 456 g/mol. The highest BCUT2D eigenvalue weighted by Crippen LogP contribution is 2.26. The first-order chi connectivity index (χ1) is 15.1. The first-order valence-corrected chi connectivity index (χ1v) is 10.9. The highest BCUT2D eigenvalue weighted by atomic mass is 35.5. The van der Waals surface area contributed by atoms with Crippen LogP contribution in [0.15, 0.2) is 30.3 Å². The minimum Gasteiger partial charge on any atom is -0.495 e. The third-order valence-corrected chi connectivity index (χ3v) is 6.54. The average Bonchev–Trinajstić information content (AvgIpc) is 3.19. The van der Waals surface area contributed by atoms with Crippen molar-refractivity contribution in [2.45, 2.75) is 26.4 Å². The summed E-state index contributed by atoms with van der Waals surface area (Å²) in [6.07, 6.45) is 1.95. The first kappa shape index (κ1) is 24.1. The Hall–Kier alpha value is -2.59. The van der Waals surface area contributed by atoms with Crippen molar-refractivity contribution in [3.8, 4) is 11.8 Å². The van der Waals surface area contributed by atoms with Crippen LogP contribution in [0.4, 0.5) is 0 Å². The molecule has 2 aromatic carbocycles. The lowest BCUT2D eigenvalue weighted by Gasteiger charge is -2.34. The molecule has 2 aliphatic heterocycles. The van der Waals surface area contributed by atoms with Crippen LogP contribution in [0.3, 0.4) is 0 Å². The summed E-state index contributed by atoms with van der Waals surface area (Å²) in [6, 6.07) is 12.0. The molecule has 0 spiro atoms. The van der Waals surface area contributed by atoms with Crippen molar-refractivity contribution < 1.29 is 14.3 Å². The van der Waals surface area contributed by atoms with Crippen LogP contribution in [0.5, 0.6) is 5.75 Å². The number of nitrogens with zero attached hydrogens (tertiary/aromatic N) is 3. The molecular formula is C25H30ClN3O3. The maximum atomic E-state index is 11.7. The Morgan fingerprint density at radius 2 is 1.75 bits per heavy atom. The van der Waals surface area contributed by atoms with E-state index in [1.54, 1.807) is 7.11 Å². The Kier molecular flexibility index (Phi) is 8.14. The summed E-state index contributed by atoms with van der Waals surface area (Å²) < 4.78 is 10.5. The van der Waals surface area contributed by atoms with E-state index in [4.69, 9.17) is 14.7 Å². The van der Waals surface area contributed by atoms with Crippen molar-refractivity contribution in [1.82, 2.24) is 9.80 Å². The Morgan fingerprint density at radius 3 is 2.41 bits per heavy atom. The fraction of sp³-hybridized carbons (Fsp3) is 0.440. The number of cyclic esters (lactones) is 1. The largest absolute Gasteiger partial charge is 0.495 e. The lowest BCUT2D eigenvalue weighted by atomic mass is 9.96. The summed E-state index contributed by atoms with van der Waals surface area (Å²) >= 11 is 0. The molecule has 7 heteroatoms. The van der Waals surface area contributed by atoms with Gasteiger partial charge in [0.25, 0.3) is 0 Å². The SMILES string of the molecule is COc1cc(CCN2CCN(CCc3ccc4c(c3C)COC4=O)CC2)ccc1C#N.Cl. The van der Waals surface area contributed by atoms with Crippen molar-refractivity contribution in [2.75, 3.05) is 46.4 Å². The van der Waals surface area contributed by atoms with E-state index in [2.05, 4.69) is 28.9 Å². The molecular weight excluding hydrogens is 426 g/mol. The summed E-state index contributed by atoms with van der Waals surface area (Å²) in [5.74, 6) is 0.461. The Bertz CT molecular complexity index is 1010.